The number of nitrogens with zero attached hydrogens (tertiary/aromatic N) is 2. The molecule has 4 rings (SSSR count). The first-order chi connectivity index (χ1) is 15.2. The highest BCUT2D eigenvalue weighted by Gasteiger charge is 2.47. The van der Waals surface area contributed by atoms with Crippen molar-refractivity contribution in [3.63, 3.8) is 0 Å². The quantitative estimate of drug-likeness (QED) is 0.700. The summed E-state index contributed by atoms with van der Waals surface area (Å²) in [5.74, 6) is -0.404. The van der Waals surface area contributed by atoms with E-state index in [2.05, 4.69) is 10.6 Å². The lowest BCUT2D eigenvalue weighted by molar-refractivity contribution is -0.137. The molecule has 2 aromatic carbocycles. The van der Waals surface area contributed by atoms with Gasteiger partial charge in [0.05, 0.1) is 17.8 Å². The minimum absolute atomic E-state index is 0.0584. The molecule has 0 aromatic heterocycles. The Hall–Kier alpha value is -3.14. The van der Waals surface area contributed by atoms with Gasteiger partial charge in [-0.3, -0.25) is 10.1 Å². The minimum Gasteiger partial charge on any atom is -0.324 e. The van der Waals surface area contributed by atoms with Gasteiger partial charge < -0.3 is 15.1 Å². The van der Waals surface area contributed by atoms with Gasteiger partial charge in [-0.05, 0) is 42.0 Å². The first kappa shape index (κ1) is 22.1. The van der Waals surface area contributed by atoms with Crippen molar-refractivity contribution in [3.8, 4) is 0 Å². The van der Waals surface area contributed by atoms with E-state index < -0.39 is 23.4 Å². The minimum atomic E-state index is -4.44. The van der Waals surface area contributed by atoms with Gasteiger partial charge in [0.25, 0.3) is 0 Å². The Morgan fingerprint density at radius 3 is 2.25 bits per heavy atom. The molecule has 2 N–H and O–H groups in total. The SMILES string of the molecule is O=C(Nc1ccc(C(F)(F)F)cc1)N1CCC2(CC1)NCC(=O)N2Cc1ccc(F)cc1. The second kappa shape index (κ2) is 8.42. The Bertz CT molecular complexity index is 984. The zero-order valence-corrected chi connectivity index (χ0v) is 17.1. The summed E-state index contributed by atoms with van der Waals surface area (Å²) in [5, 5.41) is 5.89. The maximum absolute atomic E-state index is 13.2. The van der Waals surface area contributed by atoms with Crippen molar-refractivity contribution >= 4 is 17.6 Å². The second-order valence-corrected chi connectivity index (χ2v) is 7.98. The van der Waals surface area contributed by atoms with Crippen LogP contribution in [0.1, 0.15) is 24.0 Å². The van der Waals surface area contributed by atoms with E-state index >= 15 is 0 Å². The van der Waals surface area contributed by atoms with Crippen LogP contribution in [0.3, 0.4) is 0 Å². The van der Waals surface area contributed by atoms with Crippen molar-refractivity contribution in [2.45, 2.75) is 31.2 Å². The largest absolute Gasteiger partial charge is 0.416 e. The van der Waals surface area contributed by atoms with Crippen LogP contribution < -0.4 is 10.6 Å². The predicted octanol–water partition coefficient (Wildman–Crippen LogP) is 3.80. The van der Waals surface area contributed by atoms with E-state index in [9.17, 15) is 27.2 Å². The molecule has 0 aliphatic carbocycles. The molecule has 0 unspecified atom stereocenters. The van der Waals surface area contributed by atoms with Gasteiger partial charge in [0, 0.05) is 38.2 Å². The maximum Gasteiger partial charge on any atom is 0.416 e. The smallest absolute Gasteiger partial charge is 0.324 e. The van der Waals surface area contributed by atoms with Gasteiger partial charge in [0.15, 0.2) is 0 Å². The fourth-order valence-electron chi connectivity index (χ4n) is 4.15. The topological polar surface area (TPSA) is 64.7 Å². The van der Waals surface area contributed by atoms with Crippen molar-refractivity contribution < 1.29 is 27.2 Å². The summed E-state index contributed by atoms with van der Waals surface area (Å²) in [5.41, 5.74) is -0.286. The molecule has 1 spiro atoms. The van der Waals surface area contributed by atoms with Gasteiger partial charge in [-0.15, -0.1) is 0 Å². The lowest BCUT2D eigenvalue weighted by Crippen LogP contribution is -2.59. The molecule has 2 heterocycles. The van der Waals surface area contributed by atoms with Crippen LogP contribution in [0.15, 0.2) is 48.5 Å². The fraction of sp³-hybridized carbons (Fsp3) is 0.364. The van der Waals surface area contributed by atoms with Crippen LogP contribution in [-0.4, -0.2) is 47.0 Å². The van der Waals surface area contributed by atoms with Crippen LogP contribution in [0.25, 0.3) is 0 Å². The summed E-state index contributed by atoms with van der Waals surface area (Å²) < 4.78 is 51.2. The highest BCUT2D eigenvalue weighted by atomic mass is 19.4. The Morgan fingerprint density at radius 2 is 1.66 bits per heavy atom. The highest BCUT2D eigenvalue weighted by Crippen LogP contribution is 2.32. The third kappa shape index (κ3) is 4.55. The molecule has 2 aliphatic heterocycles. The summed E-state index contributed by atoms with van der Waals surface area (Å²) in [6, 6.07) is 9.84. The standard InChI is InChI=1S/C22H22F4N4O2/c23-17-5-1-15(2-6-17)14-30-19(31)13-27-21(30)9-11-29(12-10-21)20(32)28-18-7-3-16(4-8-18)22(24,25)26/h1-8,27H,9-14H2,(H,28,32). The number of benzene rings is 2. The number of hydrogen-bond acceptors (Lipinski definition) is 3. The second-order valence-electron chi connectivity index (χ2n) is 7.98. The molecule has 0 radical (unpaired) electrons. The number of hydrogen-bond donors (Lipinski definition) is 2. The van der Waals surface area contributed by atoms with Crippen LogP contribution in [0.4, 0.5) is 28.0 Å². The summed E-state index contributed by atoms with van der Waals surface area (Å²) >= 11 is 0. The molecular formula is C22H22F4N4O2. The van der Waals surface area contributed by atoms with Gasteiger partial charge in [0.2, 0.25) is 5.91 Å². The third-order valence-electron chi connectivity index (χ3n) is 5.98. The van der Waals surface area contributed by atoms with E-state index in [1.807, 2.05) is 0 Å². The van der Waals surface area contributed by atoms with E-state index in [1.54, 1.807) is 21.9 Å². The molecule has 0 saturated carbocycles. The van der Waals surface area contributed by atoms with Gasteiger partial charge >= 0.3 is 12.2 Å². The summed E-state index contributed by atoms with van der Waals surface area (Å²) in [4.78, 5) is 28.4. The summed E-state index contributed by atoms with van der Waals surface area (Å²) in [7, 11) is 0. The number of anilines is 1. The number of likely N-dealkylation sites (tertiary alicyclic amines) is 1. The average Bonchev–Trinajstić information content (AvgIpc) is 3.05. The van der Waals surface area contributed by atoms with Crippen molar-refractivity contribution in [1.82, 2.24) is 15.1 Å². The first-order valence-electron chi connectivity index (χ1n) is 10.2. The summed E-state index contributed by atoms with van der Waals surface area (Å²) in [6.07, 6.45) is -3.43. The van der Waals surface area contributed by atoms with E-state index in [0.29, 0.717) is 32.5 Å². The van der Waals surface area contributed by atoms with Crippen LogP contribution >= 0.6 is 0 Å². The molecule has 32 heavy (non-hydrogen) atoms. The van der Waals surface area contributed by atoms with Crippen LogP contribution in [0.5, 0.6) is 0 Å². The molecule has 3 amide bonds. The van der Waals surface area contributed by atoms with Crippen molar-refractivity contribution in [1.29, 1.82) is 0 Å². The van der Waals surface area contributed by atoms with Crippen molar-refractivity contribution in [2.24, 2.45) is 0 Å². The zero-order chi connectivity index (χ0) is 22.9. The monoisotopic (exact) mass is 450 g/mol. The third-order valence-corrected chi connectivity index (χ3v) is 5.98. The van der Waals surface area contributed by atoms with Crippen molar-refractivity contribution in [2.75, 3.05) is 25.0 Å². The van der Waals surface area contributed by atoms with Gasteiger partial charge in [-0.1, -0.05) is 12.1 Å². The Kier molecular flexibility index (Phi) is 5.81. The number of amides is 3. The van der Waals surface area contributed by atoms with Crippen LogP contribution in [-0.2, 0) is 17.5 Å². The molecule has 6 nitrogen and oxygen atoms in total. The number of alkyl halides is 3. The van der Waals surface area contributed by atoms with Crippen LogP contribution in [0, 0.1) is 5.82 Å². The number of carbonyl (C=O) groups is 2. The molecule has 170 valence electrons. The lowest BCUT2D eigenvalue weighted by Gasteiger charge is -2.44. The van der Waals surface area contributed by atoms with E-state index in [4.69, 9.17) is 0 Å². The molecular weight excluding hydrogens is 428 g/mol. The Balaban J connectivity index is 1.37. The Morgan fingerprint density at radius 1 is 1.03 bits per heavy atom. The lowest BCUT2D eigenvalue weighted by atomic mass is 9.95. The number of carbonyl (C=O) groups excluding carboxylic acids is 2. The molecule has 0 atom stereocenters. The molecule has 2 saturated heterocycles. The fourth-order valence-corrected chi connectivity index (χ4v) is 4.15. The zero-order valence-electron chi connectivity index (χ0n) is 17.1. The number of nitrogens with one attached hydrogen (secondary N) is 2. The van der Waals surface area contributed by atoms with Crippen LogP contribution in [0.2, 0.25) is 0 Å². The van der Waals surface area contributed by atoms with Gasteiger partial charge in [-0.25, -0.2) is 9.18 Å². The maximum atomic E-state index is 13.2. The number of urea groups is 1. The van der Waals surface area contributed by atoms with E-state index in [-0.39, 0.29) is 24.0 Å². The normalized spacial score (nSPS) is 18.3. The highest BCUT2D eigenvalue weighted by molar-refractivity contribution is 5.89. The number of rotatable bonds is 3. The Labute approximate surface area is 182 Å². The number of halogens is 4. The van der Waals surface area contributed by atoms with Gasteiger partial charge in [0.1, 0.15) is 5.82 Å². The van der Waals surface area contributed by atoms with E-state index in [0.717, 1.165) is 17.7 Å². The predicted molar refractivity (Wildman–Crippen MR) is 109 cm³/mol. The van der Waals surface area contributed by atoms with Crippen molar-refractivity contribution in [3.05, 3.63) is 65.5 Å². The number of piperidine rings is 1. The first-order valence-corrected chi connectivity index (χ1v) is 10.2. The molecule has 2 fully saturated rings. The molecule has 2 aromatic rings. The summed E-state index contributed by atoms with van der Waals surface area (Å²) in [6.45, 7) is 1.27. The van der Waals surface area contributed by atoms with Gasteiger partial charge in [-0.2, -0.15) is 13.2 Å². The molecule has 10 heteroatoms. The molecule has 0 bridgehead atoms. The molecule has 2 aliphatic rings. The van der Waals surface area contributed by atoms with E-state index in [1.165, 1.54) is 24.3 Å². The average molecular weight is 450 g/mol.